The lowest BCUT2D eigenvalue weighted by Crippen LogP contribution is -2.24. The summed E-state index contributed by atoms with van der Waals surface area (Å²) < 4.78 is 37.1. The summed E-state index contributed by atoms with van der Waals surface area (Å²) in [5.41, 5.74) is 0.964. The van der Waals surface area contributed by atoms with Gasteiger partial charge in [0.25, 0.3) is 5.78 Å². The lowest BCUT2D eigenvalue weighted by molar-refractivity contribution is -0.0885. The van der Waals surface area contributed by atoms with E-state index in [1.165, 1.54) is 18.2 Å². The predicted octanol–water partition coefficient (Wildman–Crippen LogP) is 2.56. The Balaban J connectivity index is 3.28. The first-order valence-electron chi connectivity index (χ1n) is 5.25. The second-order valence-electron chi connectivity index (χ2n) is 4.32. The average Bonchev–Trinajstić information content (AvgIpc) is 2.25. The number of hydrogen-bond donors (Lipinski definition) is 0. The number of halogens is 3. The van der Waals surface area contributed by atoms with Gasteiger partial charge in [-0.15, -0.1) is 0 Å². The van der Waals surface area contributed by atoms with E-state index in [0.717, 1.165) is 5.69 Å². The fourth-order valence-corrected chi connectivity index (χ4v) is 1.56. The van der Waals surface area contributed by atoms with Crippen molar-refractivity contribution < 1.29 is 18.0 Å². The Morgan fingerprint density at radius 2 is 1.50 bits per heavy atom. The van der Waals surface area contributed by atoms with Gasteiger partial charge in [0.2, 0.25) is 0 Å². The largest absolute Gasteiger partial charge is 0.454 e. The zero-order chi connectivity index (χ0) is 14.1. The van der Waals surface area contributed by atoms with Gasteiger partial charge in [-0.1, -0.05) is 0 Å². The van der Waals surface area contributed by atoms with E-state index in [4.69, 9.17) is 0 Å². The number of ketones is 1. The van der Waals surface area contributed by atoms with E-state index in [1.807, 2.05) is 0 Å². The Bertz CT molecular complexity index is 453. The summed E-state index contributed by atoms with van der Waals surface area (Å²) in [6.45, 7) is 0. The first-order chi connectivity index (χ1) is 8.14. The van der Waals surface area contributed by atoms with Gasteiger partial charge < -0.3 is 9.80 Å². The van der Waals surface area contributed by atoms with E-state index in [0.29, 0.717) is 5.69 Å². The van der Waals surface area contributed by atoms with Crippen LogP contribution in [0.5, 0.6) is 0 Å². The number of Topliss-reactive ketones (excluding diaryl/α,β-unsaturated/α-hetero) is 1. The van der Waals surface area contributed by atoms with Gasteiger partial charge in [-0.2, -0.15) is 13.2 Å². The molecule has 1 aromatic carbocycles. The maximum absolute atomic E-state index is 12.4. The van der Waals surface area contributed by atoms with E-state index < -0.39 is 12.0 Å². The molecule has 3 nitrogen and oxygen atoms in total. The molecule has 0 amide bonds. The van der Waals surface area contributed by atoms with Crippen molar-refractivity contribution in [2.45, 2.75) is 6.18 Å². The van der Waals surface area contributed by atoms with E-state index in [2.05, 4.69) is 0 Å². The molecule has 100 valence electrons. The quantitative estimate of drug-likeness (QED) is 0.780. The fourth-order valence-electron chi connectivity index (χ4n) is 1.56. The minimum atomic E-state index is -4.84. The molecule has 0 aliphatic carbocycles. The van der Waals surface area contributed by atoms with E-state index in [9.17, 15) is 18.0 Å². The molecule has 0 N–H and O–H groups in total. The average molecular weight is 260 g/mol. The smallest absolute Gasteiger partial charge is 0.376 e. The highest BCUT2D eigenvalue weighted by molar-refractivity contribution is 6.01. The molecule has 6 heteroatoms. The molecule has 0 aliphatic rings. The SMILES string of the molecule is CN(C)c1ccc(C(=O)C(F)(F)F)cc1N(C)C. The third-order valence-electron chi connectivity index (χ3n) is 2.46. The minimum Gasteiger partial charge on any atom is -0.376 e. The summed E-state index contributed by atoms with van der Waals surface area (Å²) in [6.07, 6.45) is -4.84. The van der Waals surface area contributed by atoms with Crippen LogP contribution in [0.3, 0.4) is 0 Å². The number of carbonyl (C=O) groups excluding carboxylic acids is 1. The lowest BCUT2D eigenvalue weighted by atomic mass is 10.1. The van der Waals surface area contributed by atoms with Gasteiger partial charge in [0, 0.05) is 33.8 Å². The highest BCUT2D eigenvalue weighted by atomic mass is 19.4. The predicted molar refractivity (Wildman–Crippen MR) is 65.5 cm³/mol. The number of alkyl halides is 3. The standard InChI is InChI=1S/C12H15F3N2O/c1-16(2)9-6-5-8(7-10(9)17(3)4)11(18)12(13,14)15/h5-7H,1-4H3. The van der Waals surface area contributed by atoms with Crippen LogP contribution in [0.2, 0.25) is 0 Å². The summed E-state index contributed by atoms with van der Waals surface area (Å²) in [7, 11) is 7.00. The molecule has 0 saturated carbocycles. The van der Waals surface area contributed by atoms with Crippen molar-refractivity contribution in [1.29, 1.82) is 0 Å². The lowest BCUT2D eigenvalue weighted by Gasteiger charge is -2.23. The fraction of sp³-hybridized carbons (Fsp3) is 0.417. The molecule has 0 unspecified atom stereocenters. The van der Waals surface area contributed by atoms with Crippen LogP contribution in [0.4, 0.5) is 24.5 Å². The number of anilines is 2. The molecule has 0 saturated heterocycles. The van der Waals surface area contributed by atoms with Gasteiger partial charge >= 0.3 is 6.18 Å². The highest BCUT2D eigenvalue weighted by Gasteiger charge is 2.39. The molecule has 18 heavy (non-hydrogen) atoms. The van der Waals surface area contributed by atoms with E-state index in [1.54, 1.807) is 38.0 Å². The molecule has 0 radical (unpaired) electrons. The molecule has 1 rings (SSSR count). The first kappa shape index (κ1) is 14.3. The first-order valence-corrected chi connectivity index (χ1v) is 5.25. The zero-order valence-corrected chi connectivity index (χ0v) is 10.7. The molecular formula is C12H15F3N2O. The van der Waals surface area contributed by atoms with Gasteiger partial charge in [-0.25, -0.2) is 0 Å². The molecule has 0 atom stereocenters. The van der Waals surface area contributed by atoms with Crippen LogP contribution in [-0.2, 0) is 0 Å². The van der Waals surface area contributed by atoms with Crippen molar-refractivity contribution in [2.24, 2.45) is 0 Å². The second kappa shape index (κ2) is 4.88. The summed E-state index contributed by atoms with van der Waals surface area (Å²) in [6, 6.07) is 3.96. The monoisotopic (exact) mass is 260 g/mol. The van der Waals surface area contributed by atoms with Crippen molar-refractivity contribution in [3.8, 4) is 0 Å². The van der Waals surface area contributed by atoms with Crippen molar-refractivity contribution in [2.75, 3.05) is 38.0 Å². The van der Waals surface area contributed by atoms with Crippen LogP contribution in [0.1, 0.15) is 10.4 Å². The maximum atomic E-state index is 12.4. The van der Waals surface area contributed by atoms with Crippen molar-refractivity contribution in [1.82, 2.24) is 0 Å². The van der Waals surface area contributed by atoms with Crippen molar-refractivity contribution in [3.05, 3.63) is 23.8 Å². The Kier molecular flexibility index (Phi) is 3.88. The highest BCUT2D eigenvalue weighted by Crippen LogP contribution is 2.30. The maximum Gasteiger partial charge on any atom is 0.454 e. The van der Waals surface area contributed by atoms with Crippen LogP contribution in [0.25, 0.3) is 0 Å². The summed E-state index contributed by atoms with van der Waals surface area (Å²) >= 11 is 0. The number of rotatable bonds is 3. The molecular weight excluding hydrogens is 245 g/mol. The minimum absolute atomic E-state index is 0.350. The van der Waals surface area contributed by atoms with E-state index in [-0.39, 0.29) is 5.56 Å². The summed E-state index contributed by atoms with van der Waals surface area (Å²) in [5.74, 6) is -1.82. The molecule has 0 fully saturated rings. The Labute approximate surface area is 104 Å². The van der Waals surface area contributed by atoms with E-state index >= 15 is 0 Å². The molecule has 0 aromatic heterocycles. The van der Waals surface area contributed by atoms with Crippen LogP contribution in [-0.4, -0.2) is 40.2 Å². The van der Waals surface area contributed by atoms with Gasteiger partial charge in [0.15, 0.2) is 0 Å². The number of benzene rings is 1. The number of carbonyl (C=O) groups is 1. The molecule has 0 spiro atoms. The Morgan fingerprint density at radius 1 is 1.00 bits per heavy atom. The Morgan fingerprint density at radius 3 is 1.89 bits per heavy atom. The molecule has 1 aromatic rings. The van der Waals surface area contributed by atoms with Gasteiger partial charge in [0.1, 0.15) is 0 Å². The second-order valence-corrected chi connectivity index (χ2v) is 4.32. The Hall–Kier alpha value is -1.72. The number of nitrogens with zero attached hydrogens (tertiary/aromatic N) is 2. The van der Waals surface area contributed by atoms with Gasteiger partial charge in [-0.3, -0.25) is 4.79 Å². The normalized spacial score (nSPS) is 11.3. The van der Waals surface area contributed by atoms with Crippen LogP contribution in [0.15, 0.2) is 18.2 Å². The third kappa shape index (κ3) is 2.94. The van der Waals surface area contributed by atoms with Gasteiger partial charge in [0.05, 0.1) is 11.4 Å². The van der Waals surface area contributed by atoms with Crippen LogP contribution < -0.4 is 9.80 Å². The van der Waals surface area contributed by atoms with Crippen molar-refractivity contribution >= 4 is 17.2 Å². The molecule has 0 heterocycles. The number of hydrogen-bond acceptors (Lipinski definition) is 3. The summed E-state index contributed by atoms with van der Waals surface area (Å²) in [4.78, 5) is 14.6. The third-order valence-corrected chi connectivity index (χ3v) is 2.46. The van der Waals surface area contributed by atoms with Gasteiger partial charge in [-0.05, 0) is 18.2 Å². The van der Waals surface area contributed by atoms with Crippen LogP contribution >= 0.6 is 0 Å². The molecule has 0 aliphatic heterocycles. The zero-order valence-electron chi connectivity index (χ0n) is 10.7. The van der Waals surface area contributed by atoms with Crippen molar-refractivity contribution in [3.63, 3.8) is 0 Å². The topological polar surface area (TPSA) is 23.6 Å². The van der Waals surface area contributed by atoms with Crippen LogP contribution in [0, 0.1) is 0 Å². The molecule has 0 bridgehead atoms. The summed E-state index contributed by atoms with van der Waals surface area (Å²) in [5, 5.41) is 0.